The van der Waals surface area contributed by atoms with Gasteiger partial charge in [0.2, 0.25) is 0 Å². The van der Waals surface area contributed by atoms with Crippen molar-refractivity contribution in [2.24, 2.45) is 5.10 Å². The number of benzene rings is 5. The third-order valence-corrected chi connectivity index (χ3v) is 8.31. The second kappa shape index (κ2) is 13.1. The van der Waals surface area contributed by atoms with E-state index >= 15 is 0 Å². The molecule has 0 saturated heterocycles. The molecule has 45 heavy (non-hydrogen) atoms. The van der Waals surface area contributed by atoms with Gasteiger partial charge in [-0.05, 0) is 89.7 Å². The summed E-state index contributed by atoms with van der Waals surface area (Å²) in [6.07, 6.45) is 1.66. The fourth-order valence-electron chi connectivity index (χ4n) is 5.52. The molecule has 0 aliphatic rings. The van der Waals surface area contributed by atoms with Gasteiger partial charge in [0.15, 0.2) is 5.82 Å². The van der Waals surface area contributed by atoms with Crippen LogP contribution in [0.3, 0.4) is 0 Å². The summed E-state index contributed by atoms with van der Waals surface area (Å²) in [6.45, 7) is 9.19. The molecule has 0 atom stereocenters. The second-order valence-corrected chi connectivity index (χ2v) is 12.1. The molecule has 1 aromatic heterocycles. The molecule has 5 aromatic carbocycles. The summed E-state index contributed by atoms with van der Waals surface area (Å²) in [4.78, 5) is 18.9. The lowest BCUT2D eigenvalue weighted by Crippen LogP contribution is -2.21. The van der Waals surface area contributed by atoms with Crippen molar-refractivity contribution in [2.45, 2.75) is 40.2 Å². The van der Waals surface area contributed by atoms with Crippen LogP contribution in [0.4, 0.5) is 0 Å². The van der Waals surface area contributed by atoms with Crippen molar-refractivity contribution < 1.29 is 9.47 Å². The van der Waals surface area contributed by atoms with Crippen LogP contribution < -0.4 is 15.0 Å². The van der Waals surface area contributed by atoms with E-state index in [-0.39, 0.29) is 11.5 Å². The molecule has 6 nitrogen and oxygen atoms in total. The fraction of sp³-hybridized carbons (Fsp3) is 0.184. The maximum absolute atomic E-state index is 14.0. The molecule has 1 heterocycles. The van der Waals surface area contributed by atoms with Crippen LogP contribution in [-0.2, 0) is 6.61 Å². The maximum atomic E-state index is 14.0. The van der Waals surface area contributed by atoms with Crippen molar-refractivity contribution in [2.75, 3.05) is 6.61 Å². The second-order valence-electron chi connectivity index (χ2n) is 11.2. The summed E-state index contributed by atoms with van der Waals surface area (Å²) in [7, 11) is 0. The van der Waals surface area contributed by atoms with Crippen molar-refractivity contribution in [1.29, 1.82) is 0 Å². The van der Waals surface area contributed by atoms with Crippen LogP contribution in [0.1, 0.15) is 48.9 Å². The van der Waals surface area contributed by atoms with Crippen molar-refractivity contribution in [3.63, 3.8) is 0 Å². The lowest BCUT2D eigenvalue weighted by atomic mass is 9.96. The third kappa shape index (κ3) is 6.26. The molecule has 0 spiro atoms. The zero-order chi connectivity index (χ0) is 31.5. The Morgan fingerprint density at radius 3 is 2.44 bits per heavy atom. The van der Waals surface area contributed by atoms with Crippen molar-refractivity contribution >= 4 is 43.8 Å². The number of fused-ring (bicyclic) bond motifs is 2. The predicted octanol–water partition coefficient (Wildman–Crippen LogP) is 9.27. The minimum absolute atomic E-state index is 0.207. The van der Waals surface area contributed by atoms with Gasteiger partial charge in [0.05, 0.1) is 23.7 Å². The topological polar surface area (TPSA) is 65.7 Å². The Bertz CT molecular complexity index is 2110. The molecule has 0 unspecified atom stereocenters. The van der Waals surface area contributed by atoms with Crippen LogP contribution in [-0.4, -0.2) is 22.5 Å². The summed E-state index contributed by atoms with van der Waals surface area (Å²) in [5, 5.41) is 7.58. The molecular weight excluding hydrogens is 626 g/mol. The van der Waals surface area contributed by atoms with Gasteiger partial charge >= 0.3 is 0 Å². The summed E-state index contributed by atoms with van der Waals surface area (Å²) in [6, 6.07) is 31.7. The number of aromatic nitrogens is 2. The highest BCUT2D eigenvalue weighted by molar-refractivity contribution is 9.10. The van der Waals surface area contributed by atoms with Gasteiger partial charge in [-0.2, -0.15) is 9.78 Å². The van der Waals surface area contributed by atoms with E-state index < -0.39 is 0 Å². The molecule has 0 saturated carbocycles. The van der Waals surface area contributed by atoms with Crippen molar-refractivity contribution in [1.82, 2.24) is 9.66 Å². The first-order valence-corrected chi connectivity index (χ1v) is 15.9. The molecule has 0 N–H and O–H groups in total. The highest BCUT2D eigenvalue weighted by Gasteiger charge is 2.19. The number of hydrogen-bond donors (Lipinski definition) is 0. The third-order valence-electron chi connectivity index (χ3n) is 7.82. The smallest absolute Gasteiger partial charge is 0.282 e. The summed E-state index contributed by atoms with van der Waals surface area (Å²) < 4.78 is 14.6. The largest absolute Gasteiger partial charge is 0.494 e. The van der Waals surface area contributed by atoms with Crippen LogP contribution in [0.15, 0.2) is 111 Å². The summed E-state index contributed by atoms with van der Waals surface area (Å²) in [5.41, 5.74) is 4.99. The Hall–Kier alpha value is -4.75. The average Bonchev–Trinajstić information content (AvgIpc) is 3.04. The molecule has 0 aliphatic heterocycles. The molecule has 0 aliphatic carbocycles. The van der Waals surface area contributed by atoms with Gasteiger partial charge in [0.1, 0.15) is 18.1 Å². The Kier molecular flexibility index (Phi) is 8.80. The molecule has 0 bridgehead atoms. The average molecular weight is 661 g/mol. The van der Waals surface area contributed by atoms with Crippen LogP contribution in [0.2, 0.25) is 0 Å². The van der Waals surface area contributed by atoms with Gasteiger partial charge in [-0.1, -0.05) is 84.4 Å². The molecule has 7 heteroatoms. The van der Waals surface area contributed by atoms with E-state index in [2.05, 4.69) is 60.1 Å². The normalized spacial score (nSPS) is 11.6. The van der Waals surface area contributed by atoms with Gasteiger partial charge < -0.3 is 9.47 Å². The molecule has 0 fully saturated rings. The minimum Gasteiger partial charge on any atom is -0.494 e. The first-order chi connectivity index (χ1) is 21.8. The molecule has 0 amide bonds. The first kappa shape index (κ1) is 30.3. The van der Waals surface area contributed by atoms with E-state index in [0.717, 1.165) is 48.8 Å². The van der Waals surface area contributed by atoms with Gasteiger partial charge in [0.25, 0.3) is 5.56 Å². The standard InChI is InChI=1S/C38H34BrN3O3/c1-5-44-36-19-25(4)33(21-32(36)24(2)3)37-41-34-16-9-8-15-31(34)38(43)42(37)40-22-28-20-29(39)17-18-35(28)45-23-27-13-10-12-26-11-6-7-14-30(26)27/h6-22,24H,5,23H2,1-4H3. The first-order valence-electron chi connectivity index (χ1n) is 15.1. The number of ether oxygens (including phenoxy) is 2. The Morgan fingerprint density at radius 2 is 1.64 bits per heavy atom. The van der Waals surface area contributed by atoms with Gasteiger partial charge in [-0.15, -0.1) is 0 Å². The van der Waals surface area contributed by atoms with Gasteiger partial charge in [0, 0.05) is 15.6 Å². The lowest BCUT2D eigenvalue weighted by Gasteiger charge is -2.18. The summed E-state index contributed by atoms with van der Waals surface area (Å²) in [5.74, 6) is 2.16. The number of halogens is 1. The van der Waals surface area contributed by atoms with Crippen LogP contribution in [0.25, 0.3) is 33.1 Å². The Morgan fingerprint density at radius 1 is 0.889 bits per heavy atom. The summed E-state index contributed by atoms with van der Waals surface area (Å²) >= 11 is 3.59. The molecule has 6 rings (SSSR count). The highest BCUT2D eigenvalue weighted by Crippen LogP contribution is 2.34. The maximum Gasteiger partial charge on any atom is 0.282 e. The van der Waals surface area contributed by atoms with Crippen LogP contribution >= 0.6 is 15.9 Å². The molecular formula is C38H34BrN3O3. The predicted molar refractivity (Wildman–Crippen MR) is 187 cm³/mol. The number of rotatable bonds is 9. The molecule has 0 radical (unpaired) electrons. The zero-order valence-corrected chi connectivity index (χ0v) is 27.3. The Balaban J connectivity index is 1.45. The van der Waals surface area contributed by atoms with Crippen molar-refractivity contribution in [3.8, 4) is 22.9 Å². The van der Waals surface area contributed by atoms with E-state index in [4.69, 9.17) is 19.6 Å². The highest BCUT2D eigenvalue weighted by atomic mass is 79.9. The number of para-hydroxylation sites is 1. The quantitative estimate of drug-likeness (QED) is 0.145. The zero-order valence-electron chi connectivity index (χ0n) is 25.8. The van der Waals surface area contributed by atoms with Crippen LogP contribution in [0.5, 0.6) is 11.5 Å². The monoisotopic (exact) mass is 659 g/mol. The lowest BCUT2D eigenvalue weighted by molar-refractivity contribution is 0.307. The number of hydrogen-bond acceptors (Lipinski definition) is 5. The van der Waals surface area contributed by atoms with E-state index in [1.807, 2.05) is 74.5 Å². The Labute approximate surface area is 271 Å². The van der Waals surface area contributed by atoms with Gasteiger partial charge in [-0.3, -0.25) is 4.79 Å². The number of nitrogens with zero attached hydrogens (tertiary/aromatic N) is 3. The minimum atomic E-state index is -0.251. The SMILES string of the molecule is CCOc1cc(C)c(-c2nc3ccccc3c(=O)n2N=Cc2cc(Br)ccc2OCc2cccc3ccccc23)cc1C(C)C. The fourth-order valence-corrected chi connectivity index (χ4v) is 5.90. The van der Waals surface area contributed by atoms with Crippen LogP contribution in [0, 0.1) is 6.92 Å². The molecule has 6 aromatic rings. The molecule has 226 valence electrons. The van der Waals surface area contributed by atoms with Gasteiger partial charge in [-0.25, -0.2) is 4.98 Å². The van der Waals surface area contributed by atoms with E-state index in [1.165, 1.54) is 4.68 Å². The van der Waals surface area contributed by atoms with E-state index in [9.17, 15) is 4.79 Å². The van der Waals surface area contributed by atoms with Crippen molar-refractivity contribution in [3.05, 3.63) is 134 Å². The number of aryl methyl sites for hydroxylation is 1. The van der Waals surface area contributed by atoms with E-state index in [1.54, 1.807) is 12.3 Å². The van der Waals surface area contributed by atoms with E-state index in [0.29, 0.717) is 35.7 Å².